The van der Waals surface area contributed by atoms with E-state index in [-0.39, 0.29) is 11.4 Å². The van der Waals surface area contributed by atoms with Gasteiger partial charge >= 0.3 is 0 Å². The van der Waals surface area contributed by atoms with Crippen LogP contribution in [0.25, 0.3) is 10.9 Å². The van der Waals surface area contributed by atoms with Crippen LogP contribution in [0.3, 0.4) is 0 Å². The van der Waals surface area contributed by atoms with E-state index in [1.165, 1.54) is 5.56 Å². The first-order chi connectivity index (χ1) is 9.48. The van der Waals surface area contributed by atoms with Crippen LogP contribution < -0.4 is 10.6 Å². The molecule has 1 fully saturated rings. The molecule has 20 heavy (non-hydrogen) atoms. The lowest BCUT2D eigenvalue weighted by atomic mass is 10.0. The third-order valence-electron chi connectivity index (χ3n) is 4.35. The molecule has 0 radical (unpaired) electrons. The van der Waals surface area contributed by atoms with E-state index in [9.17, 15) is 4.79 Å². The maximum absolute atomic E-state index is 12.4. The average molecular weight is 271 g/mol. The van der Waals surface area contributed by atoms with Crippen LogP contribution in [0.5, 0.6) is 0 Å². The molecule has 2 heterocycles. The summed E-state index contributed by atoms with van der Waals surface area (Å²) in [6.45, 7) is 8.03. The molecule has 1 amide bonds. The quantitative estimate of drug-likeness (QED) is 0.785. The van der Waals surface area contributed by atoms with Gasteiger partial charge in [0.05, 0.1) is 5.54 Å². The minimum absolute atomic E-state index is 0.0105. The molecule has 1 aromatic heterocycles. The number of carbonyl (C=O) groups excluding carboxylic acids is 1. The van der Waals surface area contributed by atoms with Crippen molar-refractivity contribution in [2.24, 2.45) is 0 Å². The molecule has 0 spiro atoms. The summed E-state index contributed by atoms with van der Waals surface area (Å²) in [4.78, 5) is 15.8. The van der Waals surface area contributed by atoms with Crippen LogP contribution in [0.4, 0.5) is 0 Å². The number of H-pyrrole nitrogens is 1. The minimum Gasteiger partial charge on any atom is -0.358 e. The van der Waals surface area contributed by atoms with E-state index >= 15 is 0 Å². The Labute approximate surface area is 118 Å². The van der Waals surface area contributed by atoms with Gasteiger partial charge in [0.2, 0.25) is 0 Å². The van der Waals surface area contributed by atoms with Gasteiger partial charge in [-0.3, -0.25) is 4.79 Å². The summed E-state index contributed by atoms with van der Waals surface area (Å²) in [6.07, 6.45) is 0.975. The number of aryl methyl sites for hydroxylation is 2. The van der Waals surface area contributed by atoms with Gasteiger partial charge in [0.15, 0.2) is 0 Å². The summed E-state index contributed by atoms with van der Waals surface area (Å²) in [5.41, 5.74) is 4.06. The number of hydrogen-bond acceptors (Lipinski definition) is 2. The molecule has 1 atom stereocenters. The fraction of sp³-hybridized carbons (Fsp3) is 0.438. The SMILES string of the molecule is Cc1[nH]c2ccc(C(=O)NC3(C)CCNC3)cc2c1C. The molecule has 1 unspecified atom stereocenters. The van der Waals surface area contributed by atoms with Gasteiger partial charge in [-0.05, 0) is 57.5 Å². The predicted molar refractivity (Wildman–Crippen MR) is 81.1 cm³/mol. The number of hydrogen-bond donors (Lipinski definition) is 3. The van der Waals surface area contributed by atoms with Crippen molar-refractivity contribution in [1.82, 2.24) is 15.6 Å². The number of nitrogens with one attached hydrogen (secondary N) is 3. The molecular formula is C16H21N3O. The summed E-state index contributed by atoms with van der Waals surface area (Å²) in [6, 6.07) is 5.85. The predicted octanol–water partition coefficient (Wildman–Crippen LogP) is 2.27. The lowest BCUT2D eigenvalue weighted by molar-refractivity contribution is 0.0913. The first-order valence-electron chi connectivity index (χ1n) is 7.11. The Bertz CT molecular complexity index is 666. The Hall–Kier alpha value is -1.81. The van der Waals surface area contributed by atoms with Crippen molar-refractivity contribution in [3.63, 3.8) is 0 Å². The molecular weight excluding hydrogens is 250 g/mol. The lowest BCUT2D eigenvalue weighted by Gasteiger charge is -2.24. The average Bonchev–Trinajstić information content (AvgIpc) is 2.95. The van der Waals surface area contributed by atoms with Gasteiger partial charge in [0, 0.05) is 28.7 Å². The van der Waals surface area contributed by atoms with E-state index in [0.717, 1.165) is 41.7 Å². The molecule has 0 saturated carbocycles. The second-order valence-corrected chi connectivity index (χ2v) is 6.08. The third-order valence-corrected chi connectivity index (χ3v) is 4.35. The van der Waals surface area contributed by atoms with Crippen LogP contribution in [0, 0.1) is 13.8 Å². The number of amides is 1. The molecule has 4 heteroatoms. The molecule has 1 aromatic carbocycles. The standard InChI is InChI=1S/C16H21N3O/c1-10-11(2)18-14-5-4-12(8-13(10)14)15(20)19-16(3)6-7-17-9-16/h4-5,8,17-18H,6-7,9H2,1-3H3,(H,19,20). The molecule has 4 nitrogen and oxygen atoms in total. The Morgan fingerprint density at radius 2 is 2.15 bits per heavy atom. The van der Waals surface area contributed by atoms with Crippen molar-refractivity contribution in [2.75, 3.05) is 13.1 Å². The van der Waals surface area contributed by atoms with E-state index < -0.39 is 0 Å². The summed E-state index contributed by atoms with van der Waals surface area (Å²) in [7, 11) is 0. The van der Waals surface area contributed by atoms with Crippen LogP contribution in [0.15, 0.2) is 18.2 Å². The zero-order chi connectivity index (χ0) is 14.3. The van der Waals surface area contributed by atoms with Gasteiger partial charge in [-0.2, -0.15) is 0 Å². The number of carbonyl (C=O) groups is 1. The van der Waals surface area contributed by atoms with Gasteiger partial charge in [0.1, 0.15) is 0 Å². The van der Waals surface area contributed by atoms with Crippen LogP contribution in [-0.4, -0.2) is 29.5 Å². The van der Waals surface area contributed by atoms with Crippen molar-refractivity contribution in [2.45, 2.75) is 32.7 Å². The van der Waals surface area contributed by atoms with Crippen LogP contribution in [0.2, 0.25) is 0 Å². The smallest absolute Gasteiger partial charge is 0.251 e. The molecule has 3 N–H and O–H groups in total. The van der Waals surface area contributed by atoms with Gasteiger partial charge in [-0.1, -0.05) is 0 Å². The normalized spacial score (nSPS) is 22.4. The van der Waals surface area contributed by atoms with Crippen molar-refractivity contribution in [3.05, 3.63) is 35.0 Å². The maximum atomic E-state index is 12.4. The highest BCUT2D eigenvalue weighted by Gasteiger charge is 2.30. The molecule has 1 aliphatic rings. The first-order valence-corrected chi connectivity index (χ1v) is 7.11. The van der Waals surface area contributed by atoms with E-state index in [4.69, 9.17) is 0 Å². The van der Waals surface area contributed by atoms with Gasteiger partial charge < -0.3 is 15.6 Å². The van der Waals surface area contributed by atoms with Crippen LogP contribution in [-0.2, 0) is 0 Å². The fourth-order valence-corrected chi connectivity index (χ4v) is 2.87. The summed E-state index contributed by atoms with van der Waals surface area (Å²) in [5, 5.41) is 7.57. The summed E-state index contributed by atoms with van der Waals surface area (Å²) >= 11 is 0. The third kappa shape index (κ3) is 2.20. The highest BCUT2D eigenvalue weighted by atomic mass is 16.1. The second-order valence-electron chi connectivity index (χ2n) is 6.08. The van der Waals surface area contributed by atoms with E-state index in [1.54, 1.807) is 0 Å². The number of aromatic amines is 1. The zero-order valence-corrected chi connectivity index (χ0v) is 12.3. The molecule has 0 aliphatic carbocycles. The van der Waals surface area contributed by atoms with Gasteiger partial charge in [0.25, 0.3) is 5.91 Å². The van der Waals surface area contributed by atoms with Gasteiger partial charge in [-0.25, -0.2) is 0 Å². The maximum Gasteiger partial charge on any atom is 0.251 e. The van der Waals surface area contributed by atoms with E-state index in [2.05, 4.69) is 36.4 Å². The van der Waals surface area contributed by atoms with Crippen LogP contribution in [0.1, 0.15) is 35.0 Å². The Morgan fingerprint density at radius 3 is 2.85 bits per heavy atom. The van der Waals surface area contributed by atoms with E-state index in [1.807, 2.05) is 18.2 Å². The van der Waals surface area contributed by atoms with Crippen molar-refractivity contribution >= 4 is 16.8 Å². The van der Waals surface area contributed by atoms with E-state index in [0.29, 0.717) is 0 Å². The molecule has 0 bridgehead atoms. The Balaban J connectivity index is 1.89. The monoisotopic (exact) mass is 271 g/mol. The molecule has 3 rings (SSSR count). The van der Waals surface area contributed by atoms with Crippen molar-refractivity contribution < 1.29 is 4.79 Å². The highest BCUT2D eigenvalue weighted by molar-refractivity contribution is 5.99. The topological polar surface area (TPSA) is 56.9 Å². The van der Waals surface area contributed by atoms with Crippen molar-refractivity contribution in [1.29, 1.82) is 0 Å². The Kier molecular flexibility index (Phi) is 3.05. The summed E-state index contributed by atoms with van der Waals surface area (Å²) in [5.74, 6) is 0.0105. The number of benzene rings is 1. The minimum atomic E-state index is -0.130. The molecule has 106 valence electrons. The molecule has 1 saturated heterocycles. The second kappa shape index (κ2) is 4.63. The number of fused-ring (bicyclic) bond motifs is 1. The number of aromatic nitrogens is 1. The first kappa shape index (κ1) is 13.2. The largest absolute Gasteiger partial charge is 0.358 e. The van der Waals surface area contributed by atoms with Crippen molar-refractivity contribution in [3.8, 4) is 0 Å². The molecule has 2 aromatic rings. The van der Waals surface area contributed by atoms with Crippen LogP contribution >= 0.6 is 0 Å². The Morgan fingerprint density at radius 1 is 1.35 bits per heavy atom. The molecule has 1 aliphatic heterocycles. The fourth-order valence-electron chi connectivity index (χ4n) is 2.87. The lowest BCUT2D eigenvalue weighted by Crippen LogP contribution is -2.47. The zero-order valence-electron chi connectivity index (χ0n) is 12.3. The highest BCUT2D eigenvalue weighted by Crippen LogP contribution is 2.23. The summed E-state index contributed by atoms with van der Waals surface area (Å²) < 4.78 is 0. The number of rotatable bonds is 2. The van der Waals surface area contributed by atoms with Gasteiger partial charge in [-0.15, -0.1) is 0 Å².